The summed E-state index contributed by atoms with van der Waals surface area (Å²) in [7, 11) is -3.57. The third kappa shape index (κ3) is 3.87. The van der Waals surface area contributed by atoms with Gasteiger partial charge >= 0.3 is 5.97 Å². The molecular formula is C12H22N2O4S2. The van der Waals surface area contributed by atoms with Gasteiger partial charge in [0.1, 0.15) is 0 Å². The van der Waals surface area contributed by atoms with Crippen LogP contribution in [0.3, 0.4) is 0 Å². The Morgan fingerprint density at radius 3 is 2.85 bits per heavy atom. The zero-order chi connectivity index (χ0) is 14.8. The minimum absolute atomic E-state index is 0.0327. The van der Waals surface area contributed by atoms with Crippen molar-refractivity contribution in [2.75, 3.05) is 25.4 Å². The summed E-state index contributed by atoms with van der Waals surface area (Å²) in [5.41, 5.74) is 0. The van der Waals surface area contributed by atoms with Crippen LogP contribution in [0.2, 0.25) is 0 Å². The van der Waals surface area contributed by atoms with Crippen molar-refractivity contribution in [2.45, 2.75) is 37.4 Å². The maximum absolute atomic E-state index is 12.3. The average Bonchev–Trinajstić information content (AvgIpc) is 2.84. The number of carboxylic acid groups (broad SMARTS) is 1. The number of rotatable bonds is 5. The molecule has 116 valence electrons. The first-order valence-corrected chi connectivity index (χ1v) is 9.36. The molecule has 2 atom stereocenters. The molecule has 2 heterocycles. The monoisotopic (exact) mass is 322 g/mol. The highest BCUT2D eigenvalue weighted by atomic mass is 32.2. The van der Waals surface area contributed by atoms with Crippen molar-refractivity contribution in [3.8, 4) is 0 Å². The fraction of sp³-hybridized carbons (Fsp3) is 0.917. The van der Waals surface area contributed by atoms with Gasteiger partial charge in [0, 0.05) is 24.4 Å². The van der Waals surface area contributed by atoms with Crippen molar-refractivity contribution in [1.29, 1.82) is 0 Å². The van der Waals surface area contributed by atoms with Gasteiger partial charge in [-0.15, -0.1) is 0 Å². The highest BCUT2D eigenvalue weighted by Gasteiger charge is 2.35. The van der Waals surface area contributed by atoms with Crippen molar-refractivity contribution in [1.82, 2.24) is 9.03 Å². The molecule has 0 aromatic heterocycles. The first-order valence-electron chi connectivity index (χ1n) is 6.94. The van der Waals surface area contributed by atoms with Crippen LogP contribution in [0, 0.1) is 5.92 Å². The van der Waals surface area contributed by atoms with E-state index in [9.17, 15) is 13.2 Å². The van der Waals surface area contributed by atoms with Crippen molar-refractivity contribution in [3.05, 3.63) is 0 Å². The molecule has 8 heteroatoms. The molecule has 0 aromatic rings. The molecule has 0 aliphatic carbocycles. The summed E-state index contributed by atoms with van der Waals surface area (Å²) in [6, 6.07) is 0. The molecule has 0 radical (unpaired) electrons. The fourth-order valence-corrected chi connectivity index (χ4v) is 5.44. The number of hydrogen-bond acceptors (Lipinski definition) is 4. The molecule has 2 rings (SSSR count). The van der Waals surface area contributed by atoms with Crippen LogP contribution in [-0.4, -0.2) is 53.9 Å². The predicted octanol–water partition coefficient (Wildman–Crippen LogP) is 0.903. The van der Waals surface area contributed by atoms with E-state index >= 15 is 0 Å². The highest BCUT2D eigenvalue weighted by Crippen LogP contribution is 2.37. The predicted molar refractivity (Wildman–Crippen MR) is 79.0 cm³/mol. The third-order valence-corrected chi connectivity index (χ3v) is 7.06. The lowest BCUT2D eigenvalue weighted by Crippen LogP contribution is -2.49. The summed E-state index contributed by atoms with van der Waals surface area (Å²) in [4.78, 5) is 11.0. The molecule has 2 N–H and O–H groups in total. The van der Waals surface area contributed by atoms with Gasteiger partial charge in [-0.25, -0.2) is 4.72 Å². The number of thioether (sulfide) groups is 1. The summed E-state index contributed by atoms with van der Waals surface area (Å²) in [6.45, 7) is 2.97. The van der Waals surface area contributed by atoms with Crippen LogP contribution in [-0.2, 0) is 15.0 Å². The second-order valence-corrected chi connectivity index (χ2v) is 9.20. The quantitative estimate of drug-likeness (QED) is 0.785. The molecule has 2 aliphatic heterocycles. The lowest BCUT2D eigenvalue weighted by molar-refractivity contribution is -0.142. The number of nitrogens with one attached hydrogen (secondary N) is 1. The van der Waals surface area contributed by atoms with Crippen molar-refractivity contribution >= 4 is 27.9 Å². The number of nitrogens with zero attached hydrogens (tertiary/aromatic N) is 1. The lowest BCUT2D eigenvalue weighted by atomic mass is 10.0. The summed E-state index contributed by atoms with van der Waals surface area (Å²) >= 11 is 1.80. The van der Waals surface area contributed by atoms with Gasteiger partial charge in [-0.1, -0.05) is 0 Å². The molecule has 0 amide bonds. The molecule has 0 spiro atoms. The second kappa shape index (κ2) is 6.21. The first kappa shape index (κ1) is 16.1. The van der Waals surface area contributed by atoms with Crippen molar-refractivity contribution in [2.24, 2.45) is 5.92 Å². The largest absolute Gasteiger partial charge is 0.481 e. The number of piperidine rings is 1. The zero-order valence-corrected chi connectivity index (χ0v) is 13.3. The van der Waals surface area contributed by atoms with Crippen LogP contribution in [0.15, 0.2) is 0 Å². The zero-order valence-electron chi connectivity index (χ0n) is 11.7. The van der Waals surface area contributed by atoms with Gasteiger partial charge < -0.3 is 5.11 Å². The summed E-state index contributed by atoms with van der Waals surface area (Å²) in [5.74, 6) is -0.428. The van der Waals surface area contributed by atoms with Gasteiger partial charge in [-0.2, -0.15) is 24.5 Å². The Labute approximate surface area is 124 Å². The normalized spacial score (nSPS) is 32.4. The fourth-order valence-electron chi connectivity index (χ4n) is 2.67. The van der Waals surface area contributed by atoms with Crippen LogP contribution in [0.4, 0.5) is 0 Å². The van der Waals surface area contributed by atoms with Gasteiger partial charge in [-0.3, -0.25) is 4.79 Å². The topological polar surface area (TPSA) is 86.7 Å². The Kier molecular flexibility index (Phi) is 4.99. The Bertz CT molecular complexity index is 460. The van der Waals surface area contributed by atoms with Gasteiger partial charge in [0.05, 0.1) is 5.92 Å². The van der Waals surface area contributed by atoms with E-state index in [1.807, 2.05) is 0 Å². The molecule has 20 heavy (non-hydrogen) atoms. The number of carbonyl (C=O) groups is 1. The van der Waals surface area contributed by atoms with Gasteiger partial charge in [-0.05, 0) is 38.4 Å². The van der Waals surface area contributed by atoms with E-state index in [0.29, 0.717) is 25.9 Å². The summed E-state index contributed by atoms with van der Waals surface area (Å²) in [6.07, 6.45) is 3.28. The standard InChI is InChI=1S/C12H22N2O4S2/c1-12(5-3-7-19-12)9-13-20(17,18)14-6-2-4-10(8-14)11(15)16/h10,13H,2-9H2,1H3,(H,15,16). The Hall–Kier alpha value is -0.310. The maximum atomic E-state index is 12.3. The van der Waals surface area contributed by atoms with Crippen molar-refractivity contribution < 1.29 is 18.3 Å². The molecule has 6 nitrogen and oxygen atoms in total. The van der Waals surface area contributed by atoms with Crippen LogP contribution in [0.5, 0.6) is 0 Å². The Morgan fingerprint density at radius 1 is 1.50 bits per heavy atom. The van der Waals surface area contributed by atoms with E-state index < -0.39 is 22.1 Å². The minimum Gasteiger partial charge on any atom is -0.481 e. The maximum Gasteiger partial charge on any atom is 0.307 e. The first-order chi connectivity index (χ1) is 9.32. The van der Waals surface area contributed by atoms with Gasteiger partial charge in [0.25, 0.3) is 10.2 Å². The number of carboxylic acids is 1. The van der Waals surface area contributed by atoms with Crippen LogP contribution in [0.25, 0.3) is 0 Å². The third-order valence-electron chi connectivity index (χ3n) is 4.00. The molecule has 2 aliphatic rings. The Morgan fingerprint density at radius 2 is 2.25 bits per heavy atom. The van der Waals surface area contributed by atoms with E-state index in [-0.39, 0.29) is 11.3 Å². The second-order valence-electron chi connectivity index (χ2n) is 5.76. The Balaban J connectivity index is 1.94. The number of aliphatic carboxylic acids is 1. The van der Waals surface area contributed by atoms with Gasteiger partial charge in [0.2, 0.25) is 0 Å². The molecule has 2 saturated heterocycles. The van der Waals surface area contributed by atoms with Crippen molar-refractivity contribution in [3.63, 3.8) is 0 Å². The van der Waals surface area contributed by atoms with Crippen LogP contribution < -0.4 is 4.72 Å². The van der Waals surface area contributed by atoms with E-state index in [1.165, 1.54) is 4.31 Å². The van der Waals surface area contributed by atoms with Crippen LogP contribution in [0.1, 0.15) is 32.6 Å². The van der Waals surface area contributed by atoms with E-state index in [0.717, 1.165) is 18.6 Å². The number of hydrogen-bond donors (Lipinski definition) is 2. The molecular weight excluding hydrogens is 300 g/mol. The average molecular weight is 322 g/mol. The summed E-state index contributed by atoms with van der Waals surface area (Å²) in [5, 5.41) is 9.02. The van der Waals surface area contributed by atoms with E-state index in [2.05, 4.69) is 11.6 Å². The molecule has 2 unspecified atom stereocenters. The van der Waals surface area contributed by atoms with Gasteiger partial charge in [0.15, 0.2) is 0 Å². The smallest absolute Gasteiger partial charge is 0.307 e. The van der Waals surface area contributed by atoms with E-state index in [1.54, 1.807) is 11.8 Å². The lowest BCUT2D eigenvalue weighted by Gasteiger charge is -2.31. The molecule has 2 fully saturated rings. The van der Waals surface area contributed by atoms with E-state index in [4.69, 9.17) is 5.11 Å². The minimum atomic E-state index is -3.57. The molecule has 0 aromatic carbocycles. The molecule has 0 bridgehead atoms. The van der Waals surface area contributed by atoms with Crippen LogP contribution >= 0.6 is 11.8 Å². The highest BCUT2D eigenvalue weighted by molar-refractivity contribution is 8.00. The summed E-state index contributed by atoms with van der Waals surface area (Å²) < 4.78 is 28.4. The SMILES string of the molecule is CC1(CNS(=O)(=O)N2CCCC(C(=O)O)C2)CCCS1. The molecule has 0 saturated carbocycles.